The summed E-state index contributed by atoms with van der Waals surface area (Å²) in [4.78, 5) is 23.1. The molecule has 10 heteroatoms. The van der Waals surface area contributed by atoms with Crippen LogP contribution in [0, 0.1) is 0 Å². The Morgan fingerprint density at radius 1 is 1.19 bits per heavy atom. The molecule has 0 fully saturated rings. The first-order valence-electron chi connectivity index (χ1n) is 9.53. The number of carbonyl (C=O) groups excluding carboxylic acids is 1. The summed E-state index contributed by atoms with van der Waals surface area (Å²) in [6, 6.07) is 4.70. The molecule has 0 spiro atoms. The number of ether oxygens (including phenoxy) is 2. The molecule has 0 aromatic carbocycles. The maximum Gasteiger partial charge on any atom is 0.387 e. The zero-order valence-electron chi connectivity index (χ0n) is 17.5. The van der Waals surface area contributed by atoms with Gasteiger partial charge in [0.2, 0.25) is 0 Å². The Morgan fingerprint density at radius 3 is 2.61 bits per heavy atom. The SMILES string of the molecule is COc1ncc(-c2ccc3c(n2)CN(c2cnn(C(C)(C)C)c2)C3=O)cc1OC(F)F. The Morgan fingerprint density at radius 2 is 1.97 bits per heavy atom. The lowest BCUT2D eigenvalue weighted by Crippen LogP contribution is -2.24. The third-order valence-electron chi connectivity index (χ3n) is 4.85. The van der Waals surface area contributed by atoms with Gasteiger partial charge >= 0.3 is 6.61 Å². The van der Waals surface area contributed by atoms with Gasteiger partial charge in [0.05, 0.1) is 48.0 Å². The van der Waals surface area contributed by atoms with Crippen molar-refractivity contribution >= 4 is 11.6 Å². The van der Waals surface area contributed by atoms with Gasteiger partial charge in [0.25, 0.3) is 11.8 Å². The van der Waals surface area contributed by atoms with E-state index >= 15 is 0 Å². The quantitative estimate of drug-likeness (QED) is 0.613. The van der Waals surface area contributed by atoms with Crippen molar-refractivity contribution in [3.8, 4) is 22.9 Å². The molecule has 0 radical (unpaired) electrons. The number of anilines is 1. The molecule has 3 aromatic heterocycles. The van der Waals surface area contributed by atoms with Crippen LogP contribution in [0.5, 0.6) is 11.6 Å². The van der Waals surface area contributed by atoms with E-state index in [4.69, 9.17) is 4.74 Å². The van der Waals surface area contributed by atoms with Crippen LogP contribution in [0.1, 0.15) is 36.8 Å². The largest absolute Gasteiger partial charge is 0.478 e. The average molecular weight is 429 g/mol. The number of hydrogen-bond donors (Lipinski definition) is 0. The number of hydrogen-bond acceptors (Lipinski definition) is 6. The van der Waals surface area contributed by atoms with Gasteiger partial charge in [-0.2, -0.15) is 13.9 Å². The van der Waals surface area contributed by atoms with E-state index < -0.39 is 6.61 Å². The molecule has 0 unspecified atom stereocenters. The topological polar surface area (TPSA) is 82.4 Å². The molecule has 8 nitrogen and oxygen atoms in total. The van der Waals surface area contributed by atoms with Crippen LogP contribution in [0.15, 0.2) is 36.8 Å². The number of alkyl halides is 2. The third kappa shape index (κ3) is 3.92. The maximum atomic E-state index is 12.9. The number of aromatic nitrogens is 4. The smallest absolute Gasteiger partial charge is 0.387 e. The second kappa shape index (κ2) is 7.60. The van der Waals surface area contributed by atoms with Gasteiger partial charge in [-0.05, 0) is 39.0 Å². The zero-order chi connectivity index (χ0) is 22.3. The second-order valence-electron chi connectivity index (χ2n) is 8.01. The standard InChI is InChI=1S/C21H21F2N5O3/c1-21(2,3)28-10-13(9-25-28)27-11-16-14(19(27)29)5-6-15(26-16)12-7-17(31-20(22)23)18(30-4)24-8-12/h5-10,20H,11H2,1-4H3. The number of fused-ring (bicyclic) bond motifs is 1. The fourth-order valence-corrected chi connectivity index (χ4v) is 3.28. The van der Waals surface area contributed by atoms with Crippen molar-refractivity contribution in [3.63, 3.8) is 0 Å². The molecule has 3 aromatic rings. The Hall–Kier alpha value is -3.56. The minimum absolute atomic E-state index is 0.0533. The minimum atomic E-state index is -3.01. The highest BCUT2D eigenvalue weighted by Gasteiger charge is 2.31. The van der Waals surface area contributed by atoms with Gasteiger partial charge in [-0.15, -0.1) is 0 Å². The number of rotatable bonds is 5. The highest BCUT2D eigenvalue weighted by atomic mass is 19.3. The lowest BCUT2D eigenvalue weighted by Gasteiger charge is -2.19. The van der Waals surface area contributed by atoms with Crippen molar-refractivity contribution < 1.29 is 23.0 Å². The second-order valence-corrected chi connectivity index (χ2v) is 8.01. The van der Waals surface area contributed by atoms with E-state index in [1.54, 1.807) is 27.9 Å². The van der Waals surface area contributed by atoms with E-state index in [9.17, 15) is 13.6 Å². The Balaban J connectivity index is 1.64. The highest BCUT2D eigenvalue weighted by molar-refractivity contribution is 6.09. The molecule has 4 heterocycles. The van der Waals surface area contributed by atoms with Crippen molar-refractivity contribution in [1.29, 1.82) is 0 Å². The van der Waals surface area contributed by atoms with E-state index in [-0.39, 0.29) is 29.6 Å². The Kier molecular flexibility index (Phi) is 5.08. The van der Waals surface area contributed by atoms with Crippen molar-refractivity contribution in [2.45, 2.75) is 39.5 Å². The van der Waals surface area contributed by atoms with E-state index in [0.717, 1.165) is 0 Å². The molecule has 0 saturated carbocycles. The maximum absolute atomic E-state index is 12.9. The molecule has 1 aliphatic heterocycles. The van der Waals surface area contributed by atoms with Gasteiger partial charge in [-0.1, -0.05) is 0 Å². The number of carbonyl (C=O) groups is 1. The monoisotopic (exact) mass is 429 g/mol. The van der Waals surface area contributed by atoms with Gasteiger partial charge in [0.1, 0.15) is 0 Å². The highest BCUT2D eigenvalue weighted by Crippen LogP contribution is 2.33. The van der Waals surface area contributed by atoms with Crippen LogP contribution in [0.3, 0.4) is 0 Å². The van der Waals surface area contributed by atoms with Crippen LogP contribution in [0.25, 0.3) is 11.3 Å². The van der Waals surface area contributed by atoms with E-state index in [1.807, 2.05) is 27.0 Å². The fourth-order valence-electron chi connectivity index (χ4n) is 3.28. The number of amides is 1. The summed E-state index contributed by atoms with van der Waals surface area (Å²) in [5.74, 6) is -0.413. The summed E-state index contributed by atoms with van der Waals surface area (Å²) in [5, 5.41) is 4.35. The van der Waals surface area contributed by atoms with Crippen LogP contribution in [-0.4, -0.2) is 39.4 Å². The average Bonchev–Trinajstić information content (AvgIpc) is 3.32. The van der Waals surface area contributed by atoms with E-state index in [2.05, 4.69) is 19.8 Å². The fraction of sp³-hybridized carbons (Fsp3) is 0.333. The summed E-state index contributed by atoms with van der Waals surface area (Å²) < 4.78 is 36.7. The van der Waals surface area contributed by atoms with Crippen LogP contribution < -0.4 is 14.4 Å². The molecule has 0 atom stereocenters. The van der Waals surface area contributed by atoms with Crippen LogP contribution >= 0.6 is 0 Å². The zero-order valence-corrected chi connectivity index (χ0v) is 17.5. The third-order valence-corrected chi connectivity index (χ3v) is 4.85. The molecule has 0 bridgehead atoms. The molecule has 0 saturated heterocycles. The lowest BCUT2D eigenvalue weighted by atomic mass is 10.1. The predicted molar refractivity (Wildman–Crippen MR) is 108 cm³/mol. The molecule has 4 rings (SSSR count). The molecule has 31 heavy (non-hydrogen) atoms. The Bertz CT molecular complexity index is 1140. The van der Waals surface area contributed by atoms with Gasteiger partial charge in [-0.3, -0.25) is 19.4 Å². The van der Waals surface area contributed by atoms with Crippen LogP contribution in [-0.2, 0) is 12.1 Å². The molecule has 0 N–H and O–H groups in total. The number of pyridine rings is 2. The molecule has 162 valence electrons. The summed E-state index contributed by atoms with van der Waals surface area (Å²) in [6.45, 7) is 3.33. The molecule has 1 aliphatic rings. The van der Waals surface area contributed by atoms with Crippen LogP contribution in [0.4, 0.5) is 14.5 Å². The molecular formula is C21H21F2N5O3. The van der Waals surface area contributed by atoms with Crippen molar-refractivity contribution in [2.75, 3.05) is 12.0 Å². The predicted octanol–water partition coefficient (Wildman–Crippen LogP) is 3.87. The first kappa shape index (κ1) is 20.7. The van der Waals surface area contributed by atoms with Crippen molar-refractivity contribution in [1.82, 2.24) is 19.7 Å². The van der Waals surface area contributed by atoms with Gasteiger partial charge in [0, 0.05) is 18.0 Å². The lowest BCUT2D eigenvalue weighted by molar-refractivity contribution is -0.0515. The first-order chi connectivity index (χ1) is 14.7. The Labute approximate surface area is 177 Å². The van der Waals surface area contributed by atoms with Gasteiger partial charge in [0.15, 0.2) is 5.75 Å². The summed E-state index contributed by atoms with van der Waals surface area (Å²) >= 11 is 0. The summed E-state index contributed by atoms with van der Waals surface area (Å²) in [7, 11) is 1.32. The van der Waals surface area contributed by atoms with Gasteiger partial charge in [-0.25, -0.2) is 4.98 Å². The van der Waals surface area contributed by atoms with E-state index in [0.29, 0.717) is 28.2 Å². The van der Waals surface area contributed by atoms with Crippen molar-refractivity contribution in [2.24, 2.45) is 0 Å². The first-order valence-corrected chi connectivity index (χ1v) is 9.53. The van der Waals surface area contributed by atoms with E-state index in [1.165, 1.54) is 19.4 Å². The summed E-state index contributed by atoms with van der Waals surface area (Å²) in [6.07, 6.45) is 4.93. The van der Waals surface area contributed by atoms with Gasteiger partial charge < -0.3 is 9.47 Å². The van der Waals surface area contributed by atoms with Crippen molar-refractivity contribution in [3.05, 3.63) is 48.0 Å². The normalized spacial score (nSPS) is 13.6. The number of nitrogens with zero attached hydrogens (tertiary/aromatic N) is 5. The molecule has 0 aliphatic carbocycles. The summed E-state index contributed by atoms with van der Waals surface area (Å²) in [5.41, 5.74) is 2.48. The number of halogens is 2. The van der Waals surface area contributed by atoms with Crippen LogP contribution in [0.2, 0.25) is 0 Å². The minimum Gasteiger partial charge on any atom is -0.478 e. The number of methoxy groups -OCH3 is 1. The molecular weight excluding hydrogens is 408 g/mol. The molecule has 1 amide bonds.